The van der Waals surface area contributed by atoms with Gasteiger partial charge in [0, 0.05) is 23.6 Å². The summed E-state index contributed by atoms with van der Waals surface area (Å²) in [5.41, 5.74) is 1.89. The molecule has 92 valence electrons. The summed E-state index contributed by atoms with van der Waals surface area (Å²) in [7, 11) is 0. The third-order valence-corrected chi connectivity index (χ3v) is 2.79. The molecular formula is C14H14N2O2. The molecule has 1 aromatic heterocycles. The molecule has 0 saturated carbocycles. The van der Waals surface area contributed by atoms with Gasteiger partial charge >= 0.3 is 0 Å². The van der Waals surface area contributed by atoms with Crippen molar-refractivity contribution in [3.05, 3.63) is 57.9 Å². The molecule has 1 aromatic carbocycles. The molecule has 0 unspecified atom stereocenters. The van der Waals surface area contributed by atoms with Crippen LogP contribution in [0.15, 0.2) is 42.2 Å². The van der Waals surface area contributed by atoms with Crippen molar-refractivity contribution in [2.45, 2.75) is 13.8 Å². The Morgan fingerprint density at radius 3 is 2.72 bits per heavy atom. The van der Waals surface area contributed by atoms with Crippen LogP contribution in [0.2, 0.25) is 0 Å². The number of benzene rings is 1. The first kappa shape index (κ1) is 12.2. The Morgan fingerprint density at radius 2 is 2.06 bits per heavy atom. The van der Waals surface area contributed by atoms with E-state index in [0.29, 0.717) is 0 Å². The SMILES string of the molecule is CC(C)/C(=C/c1ccnc2ccccc12)[N+](=O)[O-]. The largest absolute Gasteiger partial charge is 0.259 e. The van der Waals surface area contributed by atoms with Crippen molar-refractivity contribution in [3.63, 3.8) is 0 Å². The smallest absolute Gasteiger partial charge is 0.249 e. The molecule has 0 aliphatic heterocycles. The first-order valence-electron chi connectivity index (χ1n) is 5.79. The molecule has 4 nitrogen and oxygen atoms in total. The van der Waals surface area contributed by atoms with Crippen LogP contribution in [0.3, 0.4) is 0 Å². The van der Waals surface area contributed by atoms with Crippen molar-refractivity contribution in [1.29, 1.82) is 0 Å². The number of allylic oxidation sites excluding steroid dienone is 1. The number of nitrogens with zero attached hydrogens (tertiary/aromatic N) is 2. The molecule has 4 heteroatoms. The molecule has 0 aliphatic carbocycles. The van der Waals surface area contributed by atoms with Crippen LogP contribution in [-0.4, -0.2) is 9.91 Å². The lowest BCUT2D eigenvalue weighted by molar-refractivity contribution is -0.431. The van der Waals surface area contributed by atoms with E-state index in [-0.39, 0.29) is 16.5 Å². The van der Waals surface area contributed by atoms with Gasteiger partial charge in [-0.2, -0.15) is 0 Å². The maximum atomic E-state index is 11.0. The van der Waals surface area contributed by atoms with Crippen LogP contribution >= 0.6 is 0 Å². The van der Waals surface area contributed by atoms with E-state index in [2.05, 4.69) is 4.98 Å². The maximum Gasteiger partial charge on any atom is 0.249 e. The van der Waals surface area contributed by atoms with Gasteiger partial charge in [0.1, 0.15) is 0 Å². The second-order valence-corrected chi connectivity index (χ2v) is 4.40. The normalized spacial score (nSPS) is 12.1. The van der Waals surface area contributed by atoms with Gasteiger partial charge < -0.3 is 0 Å². The van der Waals surface area contributed by atoms with Crippen LogP contribution in [0.25, 0.3) is 17.0 Å². The van der Waals surface area contributed by atoms with Crippen molar-refractivity contribution < 1.29 is 4.92 Å². The Labute approximate surface area is 105 Å². The molecule has 0 bridgehead atoms. The lowest BCUT2D eigenvalue weighted by Gasteiger charge is -2.04. The van der Waals surface area contributed by atoms with Gasteiger partial charge in [0.05, 0.1) is 10.4 Å². The molecule has 2 rings (SSSR count). The molecule has 0 atom stereocenters. The fourth-order valence-corrected chi connectivity index (χ4v) is 1.83. The Morgan fingerprint density at radius 1 is 1.33 bits per heavy atom. The predicted molar refractivity (Wildman–Crippen MR) is 71.6 cm³/mol. The summed E-state index contributed by atoms with van der Waals surface area (Å²) in [5, 5.41) is 11.9. The summed E-state index contributed by atoms with van der Waals surface area (Å²) in [4.78, 5) is 14.9. The summed E-state index contributed by atoms with van der Waals surface area (Å²) in [6, 6.07) is 9.43. The molecular weight excluding hydrogens is 228 g/mol. The number of hydrogen-bond acceptors (Lipinski definition) is 3. The van der Waals surface area contributed by atoms with E-state index >= 15 is 0 Å². The average Bonchev–Trinajstić information content (AvgIpc) is 2.35. The fourth-order valence-electron chi connectivity index (χ4n) is 1.83. The number of nitro groups is 1. The minimum absolute atomic E-state index is 0.119. The van der Waals surface area contributed by atoms with Crippen molar-refractivity contribution in [2.24, 2.45) is 5.92 Å². The van der Waals surface area contributed by atoms with Gasteiger partial charge in [-0.05, 0) is 17.7 Å². The summed E-state index contributed by atoms with van der Waals surface area (Å²) in [6.07, 6.45) is 3.31. The third kappa shape index (κ3) is 2.37. The second-order valence-electron chi connectivity index (χ2n) is 4.40. The van der Waals surface area contributed by atoms with E-state index in [1.807, 2.05) is 38.1 Å². The van der Waals surface area contributed by atoms with Crippen LogP contribution in [0.1, 0.15) is 19.4 Å². The standard InChI is InChI=1S/C14H14N2O2/c1-10(2)14(16(17)18)9-11-7-8-15-13-6-4-3-5-12(11)13/h3-10H,1-2H3/b14-9-. The fraction of sp³-hybridized carbons (Fsp3) is 0.214. The zero-order valence-electron chi connectivity index (χ0n) is 10.3. The highest BCUT2D eigenvalue weighted by Crippen LogP contribution is 2.21. The minimum Gasteiger partial charge on any atom is -0.259 e. The number of rotatable bonds is 3. The van der Waals surface area contributed by atoms with E-state index in [4.69, 9.17) is 0 Å². The molecule has 2 aromatic rings. The Hall–Kier alpha value is -2.23. The Kier molecular flexibility index (Phi) is 3.37. The van der Waals surface area contributed by atoms with Gasteiger partial charge in [-0.25, -0.2) is 0 Å². The van der Waals surface area contributed by atoms with Gasteiger partial charge in [-0.15, -0.1) is 0 Å². The van der Waals surface area contributed by atoms with Crippen LogP contribution in [-0.2, 0) is 0 Å². The quantitative estimate of drug-likeness (QED) is 0.611. The van der Waals surface area contributed by atoms with Crippen molar-refractivity contribution in [2.75, 3.05) is 0 Å². The van der Waals surface area contributed by atoms with E-state index in [9.17, 15) is 10.1 Å². The van der Waals surface area contributed by atoms with Crippen LogP contribution < -0.4 is 0 Å². The number of aromatic nitrogens is 1. The molecule has 0 saturated heterocycles. The second kappa shape index (κ2) is 4.96. The summed E-state index contributed by atoms with van der Waals surface area (Å²) in [6.45, 7) is 3.63. The van der Waals surface area contributed by atoms with E-state index < -0.39 is 0 Å². The summed E-state index contributed by atoms with van der Waals surface area (Å²) >= 11 is 0. The van der Waals surface area contributed by atoms with E-state index in [1.165, 1.54) is 0 Å². The molecule has 0 amide bonds. The summed E-state index contributed by atoms with van der Waals surface area (Å²) in [5.74, 6) is -0.119. The lowest BCUT2D eigenvalue weighted by Crippen LogP contribution is -2.05. The minimum atomic E-state index is -0.320. The topological polar surface area (TPSA) is 56.0 Å². The molecule has 0 N–H and O–H groups in total. The highest BCUT2D eigenvalue weighted by Gasteiger charge is 2.16. The van der Waals surface area contributed by atoms with Crippen molar-refractivity contribution in [1.82, 2.24) is 4.98 Å². The van der Waals surface area contributed by atoms with Crippen molar-refractivity contribution >= 4 is 17.0 Å². The molecule has 0 spiro atoms. The number of pyridine rings is 1. The zero-order valence-corrected chi connectivity index (χ0v) is 10.3. The Balaban J connectivity index is 2.61. The first-order valence-corrected chi connectivity index (χ1v) is 5.79. The van der Waals surface area contributed by atoms with Crippen LogP contribution in [0, 0.1) is 16.0 Å². The van der Waals surface area contributed by atoms with Gasteiger partial charge in [-0.3, -0.25) is 15.1 Å². The Bertz CT molecular complexity index is 613. The highest BCUT2D eigenvalue weighted by atomic mass is 16.6. The van der Waals surface area contributed by atoms with Gasteiger partial charge in [0.2, 0.25) is 5.70 Å². The average molecular weight is 242 g/mol. The number of para-hydroxylation sites is 1. The monoisotopic (exact) mass is 242 g/mol. The van der Waals surface area contributed by atoms with E-state index in [1.54, 1.807) is 18.3 Å². The zero-order chi connectivity index (χ0) is 13.1. The summed E-state index contributed by atoms with van der Waals surface area (Å²) < 4.78 is 0. The van der Waals surface area contributed by atoms with Crippen LogP contribution in [0.4, 0.5) is 0 Å². The number of hydrogen-bond donors (Lipinski definition) is 0. The van der Waals surface area contributed by atoms with Gasteiger partial charge in [0.25, 0.3) is 0 Å². The van der Waals surface area contributed by atoms with Gasteiger partial charge in [0.15, 0.2) is 0 Å². The van der Waals surface area contributed by atoms with Crippen LogP contribution in [0.5, 0.6) is 0 Å². The molecule has 0 aliphatic rings. The predicted octanol–water partition coefficient (Wildman–Crippen LogP) is 3.51. The highest BCUT2D eigenvalue weighted by molar-refractivity contribution is 5.87. The van der Waals surface area contributed by atoms with E-state index in [0.717, 1.165) is 16.5 Å². The molecule has 0 fully saturated rings. The van der Waals surface area contributed by atoms with Crippen molar-refractivity contribution in [3.8, 4) is 0 Å². The first-order chi connectivity index (χ1) is 8.59. The lowest BCUT2D eigenvalue weighted by atomic mass is 10.0. The molecule has 1 heterocycles. The molecule has 0 radical (unpaired) electrons. The molecule has 18 heavy (non-hydrogen) atoms. The number of fused-ring (bicyclic) bond motifs is 1. The third-order valence-electron chi connectivity index (χ3n) is 2.79. The maximum absolute atomic E-state index is 11.0. The van der Waals surface area contributed by atoms with Gasteiger partial charge in [-0.1, -0.05) is 32.0 Å².